The van der Waals surface area contributed by atoms with Gasteiger partial charge in [-0.3, -0.25) is 4.57 Å². The van der Waals surface area contributed by atoms with E-state index in [-0.39, 0.29) is 0 Å². The summed E-state index contributed by atoms with van der Waals surface area (Å²) in [5.74, 6) is 0.579. The number of halogens is 1. The SMILES string of the molecule is C[PH](=O)OCCCCl. The van der Waals surface area contributed by atoms with Crippen LogP contribution in [0.25, 0.3) is 0 Å². The Labute approximate surface area is 55.0 Å². The Morgan fingerprint density at radius 3 is 2.75 bits per heavy atom. The molecule has 0 amide bonds. The molecular weight excluding hydrogens is 146 g/mol. The van der Waals surface area contributed by atoms with Crippen LogP contribution in [0.4, 0.5) is 0 Å². The molecular formula is C4H10ClO2P. The molecule has 0 aromatic carbocycles. The van der Waals surface area contributed by atoms with Crippen LogP contribution in [0.2, 0.25) is 0 Å². The Hall–Kier alpha value is 0.480. The predicted octanol–water partition coefficient (Wildman–Crippen LogP) is 1.74. The van der Waals surface area contributed by atoms with Crippen LogP contribution in [0, 0.1) is 0 Å². The Morgan fingerprint density at radius 1 is 1.75 bits per heavy atom. The third-order valence-electron chi connectivity index (χ3n) is 0.583. The lowest BCUT2D eigenvalue weighted by molar-refractivity contribution is 0.333. The molecule has 4 heteroatoms. The molecule has 0 saturated carbocycles. The molecule has 8 heavy (non-hydrogen) atoms. The molecule has 0 aliphatic carbocycles. The monoisotopic (exact) mass is 156 g/mol. The van der Waals surface area contributed by atoms with Gasteiger partial charge in [-0.2, -0.15) is 0 Å². The summed E-state index contributed by atoms with van der Waals surface area (Å²) in [4.78, 5) is 0. The fraction of sp³-hybridized carbons (Fsp3) is 1.00. The second-order valence-electron chi connectivity index (χ2n) is 1.38. The zero-order chi connectivity index (χ0) is 6.41. The highest BCUT2D eigenvalue weighted by Crippen LogP contribution is 2.14. The maximum atomic E-state index is 10.2. The van der Waals surface area contributed by atoms with Crippen molar-refractivity contribution in [2.24, 2.45) is 0 Å². The molecule has 1 unspecified atom stereocenters. The zero-order valence-corrected chi connectivity index (χ0v) is 6.57. The van der Waals surface area contributed by atoms with E-state index >= 15 is 0 Å². The first-order valence-corrected chi connectivity index (χ1v) is 4.82. The predicted molar refractivity (Wildman–Crippen MR) is 36.2 cm³/mol. The van der Waals surface area contributed by atoms with Crippen molar-refractivity contribution in [2.75, 3.05) is 19.2 Å². The minimum Gasteiger partial charge on any atom is -0.331 e. The normalized spacial score (nSPS) is 13.8. The van der Waals surface area contributed by atoms with Crippen molar-refractivity contribution >= 4 is 19.6 Å². The number of hydrogen-bond donors (Lipinski definition) is 0. The van der Waals surface area contributed by atoms with E-state index in [0.717, 1.165) is 6.42 Å². The summed E-state index contributed by atoms with van der Waals surface area (Å²) in [7, 11) is -1.72. The molecule has 2 nitrogen and oxygen atoms in total. The van der Waals surface area contributed by atoms with Gasteiger partial charge in [0.15, 0.2) is 8.03 Å². The summed E-state index contributed by atoms with van der Waals surface area (Å²) < 4.78 is 15.0. The van der Waals surface area contributed by atoms with Crippen molar-refractivity contribution in [2.45, 2.75) is 6.42 Å². The molecule has 0 aliphatic heterocycles. The first kappa shape index (κ1) is 8.48. The lowest BCUT2D eigenvalue weighted by Gasteiger charge is -1.94. The first-order chi connectivity index (χ1) is 3.77. The second-order valence-corrected chi connectivity index (χ2v) is 3.03. The van der Waals surface area contributed by atoms with Crippen LogP contribution in [-0.4, -0.2) is 19.2 Å². The Balaban J connectivity index is 2.82. The summed E-state index contributed by atoms with van der Waals surface area (Å²) in [6, 6.07) is 0. The highest BCUT2D eigenvalue weighted by atomic mass is 35.5. The van der Waals surface area contributed by atoms with E-state index in [0.29, 0.717) is 12.5 Å². The molecule has 0 bridgehead atoms. The zero-order valence-electron chi connectivity index (χ0n) is 4.82. The Bertz CT molecular complexity index is 76.4. The largest absolute Gasteiger partial charge is 0.331 e. The van der Waals surface area contributed by atoms with Crippen molar-refractivity contribution < 1.29 is 9.09 Å². The van der Waals surface area contributed by atoms with E-state index in [9.17, 15) is 4.57 Å². The fourth-order valence-electron chi connectivity index (χ4n) is 0.270. The molecule has 0 radical (unpaired) electrons. The van der Waals surface area contributed by atoms with E-state index in [1.54, 1.807) is 6.66 Å². The van der Waals surface area contributed by atoms with Gasteiger partial charge in [0.1, 0.15) is 0 Å². The van der Waals surface area contributed by atoms with Gasteiger partial charge in [0.2, 0.25) is 0 Å². The summed E-state index contributed by atoms with van der Waals surface area (Å²) in [5.41, 5.74) is 0. The van der Waals surface area contributed by atoms with Crippen LogP contribution in [0.5, 0.6) is 0 Å². The van der Waals surface area contributed by atoms with Crippen LogP contribution in [0.15, 0.2) is 0 Å². The van der Waals surface area contributed by atoms with Gasteiger partial charge in [-0.15, -0.1) is 11.6 Å². The van der Waals surface area contributed by atoms with Gasteiger partial charge in [0.25, 0.3) is 0 Å². The van der Waals surface area contributed by atoms with E-state index < -0.39 is 8.03 Å². The van der Waals surface area contributed by atoms with Gasteiger partial charge in [-0.05, 0) is 6.42 Å². The third kappa shape index (κ3) is 6.48. The first-order valence-electron chi connectivity index (χ1n) is 2.46. The van der Waals surface area contributed by atoms with Gasteiger partial charge in [0.05, 0.1) is 6.61 Å². The average Bonchev–Trinajstić information content (AvgIpc) is 1.66. The van der Waals surface area contributed by atoms with E-state index in [4.69, 9.17) is 16.1 Å². The topological polar surface area (TPSA) is 26.3 Å². The van der Waals surface area contributed by atoms with Gasteiger partial charge < -0.3 is 4.52 Å². The highest BCUT2D eigenvalue weighted by Gasteiger charge is 1.87. The molecule has 0 N–H and O–H groups in total. The molecule has 1 atom stereocenters. The lowest BCUT2D eigenvalue weighted by atomic mass is 10.5. The molecule has 0 aromatic heterocycles. The van der Waals surface area contributed by atoms with Crippen LogP contribution >= 0.6 is 19.6 Å². The van der Waals surface area contributed by atoms with Gasteiger partial charge in [-0.25, -0.2) is 0 Å². The number of alkyl halides is 1. The molecule has 0 heterocycles. The van der Waals surface area contributed by atoms with E-state index in [2.05, 4.69) is 0 Å². The van der Waals surface area contributed by atoms with Crippen LogP contribution in [-0.2, 0) is 9.09 Å². The van der Waals surface area contributed by atoms with Crippen LogP contribution < -0.4 is 0 Å². The lowest BCUT2D eigenvalue weighted by Crippen LogP contribution is -1.85. The van der Waals surface area contributed by atoms with Crippen molar-refractivity contribution in [1.82, 2.24) is 0 Å². The highest BCUT2D eigenvalue weighted by molar-refractivity contribution is 7.38. The molecule has 50 valence electrons. The molecule has 0 fully saturated rings. The molecule has 0 aliphatic rings. The van der Waals surface area contributed by atoms with Crippen LogP contribution in [0.1, 0.15) is 6.42 Å². The van der Waals surface area contributed by atoms with Gasteiger partial charge >= 0.3 is 0 Å². The van der Waals surface area contributed by atoms with Crippen molar-refractivity contribution in [3.63, 3.8) is 0 Å². The summed E-state index contributed by atoms with van der Waals surface area (Å²) in [6.45, 7) is 2.09. The molecule has 0 aromatic rings. The maximum absolute atomic E-state index is 10.2. The summed E-state index contributed by atoms with van der Waals surface area (Å²) in [5, 5.41) is 0. The summed E-state index contributed by atoms with van der Waals surface area (Å²) in [6.07, 6.45) is 0.784. The minimum atomic E-state index is -1.72. The summed E-state index contributed by atoms with van der Waals surface area (Å²) >= 11 is 5.31. The minimum absolute atomic E-state index is 0.526. The van der Waals surface area contributed by atoms with Crippen LogP contribution in [0.3, 0.4) is 0 Å². The quantitative estimate of drug-likeness (QED) is 0.352. The van der Waals surface area contributed by atoms with Gasteiger partial charge in [-0.1, -0.05) is 0 Å². The van der Waals surface area contributed by atoms with E-state index in [1.807, 2.05) is 0 Å². The molecule has 0 saturated heterocycles. The third-order valence-corrected chi connectivity index (χ3v) is 1.46. The standard InChI is InChI=1S/C4H10ClO2P/c1-8(6)7-4-2-3-5/h8H,2-4H2,1H3. The number of hydrogen-bond acceptors (Lipinski definition) is 2. The maximum Gasteiger partial charge on any atom is 0.188 e. The molecule has 0 rings (SSSR count). The van der Waals surface area contributed by atoms with Crippen molar-refractivity contribution in [3.05, 3.63) is 0 Å². The number of rotatable bonds is 4. The fourth-order valence-corrected chi connectivity index (χ4v) is 0.811. The Kier molecular flexibility index (Phi) is 5.95. The smallest absolute Gasteiger partial charge is 0.188 e. The molecule has 0 spiro atoms. The van der Waals surface area contributed by atoms with Crippen molar-refractivity contribution in [3.8, 4) is 0 Å². The van der Waals surface area contributed by atoms with E-state index in [1.165, 1.54) is 0 Å². The average molecular weight is 157 g/mol. The van der Waals surface area contributed by atoms with Crippen molar-refractivity contribution in [1.29, 1.82) is 0 Å². The Morgan fingerprint density at radius 2 is 2.38 bits per heavy atom. The second kappa shape index (κ2) is 5.61. The van der Waals surface area contributed by atoms with Gasteiger partial charge in [0, 0.05) is 12.5 Å².